The molecule has 0 radical (unpaired) electrons. The lowest BCUT2D eigenvalue weighted by Crippen LogP contribution is -2.44. The molecule has 242 valence electrons. The monoisotopic (exact) mass is 672 g/mol. The van der Waals surface area contributed by atoms with Crippen LogP contribution < -0.4 is 16.0 Å². The summed E-state index contributed by atoms with van der Waals surface area (Å²) in [6, 6.07) is 0. The minimum absolute atomic E-state index is 0.00691. The van der Waals surface area contributed by atoms with Gasteiger partial charge in [0.1, 0.15) is 48.2 Å². The summed E-state index contributed by atoms with van der Waals surface area (Å²) in [5, 5.41) is 22.2. The number of hydrogen-bond acceptors (Lipinski definition) is 17. The van der Waals surface area contributed by atoms with Crippen LogP contribution in [0.25, 0.3) is 22.3 Å². The molecule has 3 aliphatic heterocycles. The summed E-state index contributed by atoms with van der Waals surface area (Å²) in [6.07, 6.45) is -8.83. The molecule has 22 nitrogen and oxygen atoms in total. The lowest BCUT2D eigenvalue weighted by Gasteiger charge is -2.24. The second kappa shape index (κ2) is 10.8. The van der Waals surface area contributed by atoms with E-state index in [0.717, 1.165) is 12.7 Å². The highest BCUT2D eigenvalue weighted by Gasteiger charge is 2.53. The van der Waals surface area contributed by atoms with Crippen LogP contribution in [0.3, 0.4) is 0 Å². The Bertz CT molecular complexity index is 2000. The fourth-order valence-electron chi connectivity index (χ4n) is 5.42. The highest BCUT2D eigenvalue weighted by Crippen LogP contribution is 2.49. The number of ether oxygens (including phenoxy) is 2. The average molecular weight is 673 g/mol. The van der Waals surface area contributed by atoms with Gasteiger partial charge >= 0.3 is 18.1 Å². The van der Waals surface area contributed by atoms with Crippen molar-refractivity contribution in [3.05, 3.63) is 35.2 Å². The highest BCUT2D eigenvalue weighted by molar-refractivity contribution is 7.84. The second-order valence-electron chi connectivity index (χ2n) is 10.4. The molecule has 45 heavy (non-hydrogen) atoms. The van der Waals surface area contributed by atoms with Gasteiger partial charge in [-0.1, -0.05) is 0 Å². The molecule has 24 heteroatoms. The number of aromatic amines is 1. The molecule has 0 aliphatic carbocycles. The molecule has 0 amide bonds. The van der Waals surface area contributed by atoms with Crippen LogP contribution in [0.1, 0.15) is 18.3 Å². The number of aryl methyl sites for hydroxylation is 1. The first-order valence-corrected chi connectivity index (χ1v) is 16.1. The van der Waals surface area contributed by atoms with Crippen molar-refractivity contribution in [3.8, 4) is 0 Å². The first-order valence-electron chi connectivity index (χ1n) is 13.2. The lowest BCUT2D eigenvalue weighted by atomic mass is 10.1. The van der Waals surface area contributed by atoms with Crippen LogP contribution in [0.5, 0.6) is 0 Å². The number of phosphoric ester groups is 1. The van der Waals surface area contributed by atoms with Gasteiger partial charge in [0.25, 0.3) is 5.56 Å². The zero-order valence-corrected chi connectivity index (χ0v) is 24.6. The summed E-state index contributed by atoms with van der Waals surface area (Å²) in [4.78, 5) is 45.7. The maximum atomic E-state index is 13.2. The molecule has 3 saturated heterocycles. The van der Waals surface area contributed by atoms with Crippen molar-refractivity contribution < 1.29 is 50.8 Å². The number of nitrogens with two attached hydrogens (primary N) is 1. The van der Waals surface area contributed by atoms with Crippen LogP contribution in [0.2, 0.25) is 0 Å². The number of hydrogen-bond donors (Lipinski definition) is 6. The number of H-pyrrole nitrogens is 1. The van der Waals surface area contributed by atoms with E-state index in [-0.39, 0.29) is 34.0 Å². The van der Waals surface area contributed by atoms with Crippen molar-refractivity contribution in [1.82, 2.24) is 43.8 Å². The fraction of sp³-hybridized carbons (Fsp3) is 0.524. The van der Waals surface area contributed by atoms with Gasteiger partial charge in [0, 0.05) is 6.54 Å². The van der Waals surface area contributed by atoms with Gasteiger partial charge < -0.3 is 35.3 Å². The topological polar surface area (TPSA) is 303 Å². The number of aromatic nitrogens is 8. The Morgan fingerprint density at radius 1 is 1.00 bits per heavy atom. The zero-order chi connectivity index (χ0) is 31.8. The SMILES string of the molecule is Cc1nc2c(ncn2[C@@H]2O[C@@H]3COP(=O)(O)O[C@@H]4C(O)[C@H](n5cnc6c(N)ncnc65)O[C@@H]4CNS(=O)(=O)O[C@H]2C3O)c(=O)[nH]1. The maximum absolute atomic E-state index is 13.2. The van der Waals surface area contributed by atoms with Gasteiger partial charge in [-0.15, -0.1) is 0 Å². The second-order valence-corrected chi connectivity index (χ2v) is 13.2. The molecule has 0 aromatic carbocycles. The van der Waals surface area contributed by atoms with E-state index in [1.54, 1.807) is 0 Å². The van der Waals surface area contributed by atoms with E-state index < -0.39 is 85.9 Å². The van der Waals surface area contributed by atoms with E-state index >= 15 is 0 Å². The zero-order valence-electron chi connectivity index (χ0n) is 22.8. The van der Waals surface area contributed by atoms with Crippen molar-refractivity contribution in [2.24, 2.45) is 0 Å². The van der Waals surface area contributed by atoms with Crippen LogP contribution in [0, 0.1) is 6.92 Å². The number of phosphoric acid groups is 1. The molecular weight excluding hydrogens is 647 g/mol. The molecule has 9 atom stereocenters. The summed E-state index contributed by atoms with van der Waals surface area (Å²) in [5.41, 5.74) is 5.50. The Morgan fingerprint density at radius 3 is 2.49 bits per heavy atom. The number of nitrogens with one attached hydrogen (secondary N) is 2. The number of imidazole rings is 2. The number of anilines is 1. The van der Waals surface area contributed by atoms with Gasteiger partial charge in [-0.05, 0) is 6.92 Å². The molecule has 7 N–H and O–H groups in total. The first-order chi connectivity index (χ1) is 21.3. The molecule has 4 aromatic rings. The van der Waals surface area contributed by atoms with E-state index in [0.29, 0.717) is 0 Å². The van der Waals surface area contributed by atoms with Gasteiger partial charge in [0.2, 0.25) is 0 Å². The number of fused-ring (bicyclic) bond motifs is 5. The van der Waals surface area contributed by atoms with Gasteiger partial charge in [-0.3, -0.25) is 23.0 Å². The molecule has 3 unspecified atom stereocenters. The number of rotatable bonds is 2. The molecular formula is C21H25N10O12PS. The van der Waals surface area contributed by atoms with Gasteiger partial charge in [-0.25, -0.2) is 33.7 Å². The minimum Gasteiger partial charge on any atom is -0.387 e. The van der Waals surface area contributed by atoms with Crippen LogP contribution >= 0.6 is 7.82 Å². The van der Waals surface area contributed by atoms with Gasteiger partial charge in [0.05, 0.1) is 19.3 Å². The van der Waals surface area contributed by atoms with Crippen molar-refractivity contribution in [1.29, 1.82) is 0 Å². The quantitative estimate of drug-likeness (QED) is 0.116. The Labute approximate surface area is 251 Å². The Morgan fingerprint density at radius 2 is 1.71 bits per heavy atom. The Hall–Kier alpha value is -3.48. The molecule has 7 rings (SSSR count). The van der Waals surface area contributed by atoms with Crippen molar-refractivity contribution in [2.45, 2.75) is 56.0 Å². The third-order valence-corrected chi connectivity index (χ3v) is 9.45. The summed E-state index contributed by atoms with van der Waals surface area (Å²) in [7, 11) is -9.78. The standard InChI is InChI=1S/C21H25N10O12PS/c1-7-28-18-11(19(34)29-7)26-6-31(18)21-15-12(32)9(41-21)3-39-44(35,36)42-14-8(2-27-45(37,38)43-15)40-20(13(14)33)30-5-25-10-16(22)23-4-24-17(10)30/h4-6,8-9,12-15,20-21,27,32-33H,2-3H2,1H3,(H,35,36)(H2,22,23,24)(H,28,29,34)/t8-,9-,12?,13?,14+,15+,20-,21-/m1/s1. The normalized spacial score (nSPS) is 35.6. The summed E-state index contributed by atoms with van der Waals surface area (Å²) in [6.45, 7) is 0.0713. The molecule has 0 spiro atoms. The van der Waals surface area contributed by atoms with Crippen molar-refractivity contribution >= 4 is 46.3 Å². The summed E-state index contributed by atoms with van der Waals surface area (Å²) < 4.78 is 71.5. The Balaban J connectivity index is 1.21. The summed E-state index contributed by atoms with van der Waals surface area (Å²) in [5.74, 6) is 0.258. The fourth-order valence-corrected chi connectivity index (χ4v) is 7.32. The number of aliphatic hydroxyl groups is 2. The lowest BCUT2D eigenvalue weighted by molar-refractivity contribution is -0.0542. The number of nitrogen functional groups attached to an aromatic ring is 1. The first kappa shape index (κ1) is 30.2. The van der Waals surface area contributed by atoms with Crippen LogP contribution in [0.15, 0.2) is 23.8 Å². The van der Waals surface area contributed by atoms with Crippen LogP contribution in [-0.4, -0.2) is 112 Å². The van der Waals surface area contributed by atoms with Gasteiger partial charge in [0.15, 0.2) is 41.2 Å². The third kappa shape index (κ3) is 5.30. The number of nitrogens with zero attached hydrogens (tertiary/aromatic N) is 7. The van der Waals surface area contributed by atoms with Gasteiger partial charge in [-0.2, -0.15) is 13.1 Å². The van der Waals surface area contributed by atoms with E-state index in [4.69, 9.17) is 28.4 Å². The average Bonchev–Trinajstić information content (AvgIpc) is 3.72. The van der Waals surface area contributed by atoms with Crippen molar-refractivity contribution in [2.75, 3.05) is 18.9 Å². The van der Waals surface area contributed by atoms with E-state index in [9.17, 15) is 32.9 Å². The van der Waals surface area contributed by atoms with Crippen LogP contribution in [-0.2, 0) is 37.6 Å². The third-order valence-electron chi connectivity index (χ3n) is 7.46. The largest absolute Gasteiger partial charge is 0.472 e. The minimum atomic E-state index is -5.04. The predicted octanol–water partition coefficient (Wildman–Crippen LogP) is -2.90. The molecule has 7 heterocycles. The molecule has 3 fully saturated rings. The highest BCUT2D eigenvalue weighted by atomic mass is 32.2. The van der Waals surface area contributed by atoms with Crippen molar-refractivity contribution in [3.63, 3.8) is 0 Å². The van der Waals surface area contributed by atoms with E-state index in [2.05, 4.69) is 34.6 Å². The smallest absolute Gasteiger partial charge is 0.387 e. The molecule has 0 saturated carbocycles. The summed E-state index contributed by atoms with van der Waals surface area (Å²) >= 11 is 0. The van der Waals surface area contributed by atoms with Crippen LogP contribution in [0.4, 0.5) is 5.82 Å². The predicted molar refractivity (Wildman–Crippen MR) is 145 cm³/mol. The van der Waals surface area contributed by atoms with E-state index in [1.807, 2.05) is 0 Å². The van der Waals surface area contributed by atoms with E-state index in [1.165, 1.54) is 22.4 Å². The molecule has 4 aromatic heterocycles. The number of aliphatic hydroxyl groups excluding tert-OH is 2. The molecule has 2 bridgehead atoms. The Kier molecular flexibility index (Phi) is 7.25. The molecule has 3 aliphatic rings. The maximum Gasteiger partial charge on any atom is 0.472 e.